The number of aromatic nitrogens is 1. The predicted octanol–water partition coefficient (Wildman–Crippen LogP) is 2.17. The van der Waals surface area contributed by atoms with Crippen LogP contribution in [0.5, 0.6) is 0 Å². The van der Waals surface area contributed by atoms with Gasteiger partial charge >= 0.3 is 0 Å². The molecule has 0 atom stereocenters. The van der Waals surface area contributed by atoms with Crippen molar-refractivity contribution in [2.24, 2.45) is 5.73 Å². The van der Waals surface area contributed by atoms with Gasteiger partial charge in [0.15, 0.2) is 0 Å². The van der Waals surface area contributed by atoms with Crippen LogP contribution in [-0.4, -0.2) is 48.6 Å². The van der Waals surface area contributed by atoms with Crippen LogP contribution in [0.15, 0.2) is 54.6 Å². The number of nitrogens with one attached hydrogen (secondary N) is 3. The molecule has 0 saturated carbocycles. The van der Waals surface area contributed by atoms with Gasteiger partial charge in [-0.3, -0.25) is 15.1 Å². The van der Waals surface area contributed by atoms with Crippen LogP contribution in [0.25, 0.3) is 22.2 Å². The lowest BCUT2D eigenvalue weighted by molar-refractivity contribution is 0.100. The monoisotopic (exact) mass is 390 g/mol. The number of amides is 1. The van der Waals surface area contributed by atoms with Crippen LogP contribution in [0.2, 0.25) is 0 Å². The molecule has 1 aliphatic heterocycles. The number of rotatable bonds is 7. The Labute approximate surface area is 170 Å². The minimum absolute atomic E-state index is 0.426. The number of benzene rings is 2. The van der Waals surface area contributed by atoms with Gasteiger partial charge in [0, 0.05) is 48.4 Å². The van der Waals surface area contributed by atoms with Crippen molar-refractivity contribution in [2.45, 2.75) is 6.42 Å². The molecule has 2 aromatic carbocycles. The topological polar surface area (TPSA) is 95.3 Å². The Hall–Kier alpha value is -3.00. The average Bonchev–Trinajstić information content (AvgIpc) is 2.77. The first-order valence-electron chi connectivity index (χ1n) is 9.93. The van der Waals surface area contributed by atoms with Crippen molar-refractivity contribution in [3.05, 3.63) is 60.2 Å². The number of nitrogens with zero attached hydrogens (tertiary/aromatic N) is 2. The molecule has 2 heterocycles. The van der Waals surface area contributed by atoms with Crippen molar-refractivity contribution < 1.29 is 4.79 Å². The lowest BCUT2D eigenvalue weighted by Gasteiger charge is -2.27. The van der Waals surface area contributed by atoms with Crippen LogP contribution in [0.4, 0.5) is 5.69 Å². The van der Waals surface area contributed by atoms with Crippen LogP contribution in [0.3, 0.4) is 0 Å². The summed E-state index contributed by atoms with van der Waals surface area (Å²) in [6, 6.07) is 17.5. The largest absolute Gasteiger partial charge is 0.384 e. The van der Waals surface area contributed by atoms with Gasteiger partial charge in [0.1, 0.15) is 0 Å². The summed E-state index contributed by atoms with van der Waals surface area (Å²) in [7, 11) is 0. The highest BCUT2D eigenvalue weighted by Gasteiger charge is 2.10. The summed E-state index contributed by atoms with van der Waals surface area (Å²) in [4.78, 5) is 18.5. The molecule has 7 heteroatoms. The van der Waals surface area contributed by atoms with Gasteiger partial charge in [0.25, 0.3) is 0 Å². The molecule has 1 amide bonds. The van der Waals surface area contributed by atoms with Gasteiger partial charge in [-0.15, -0.1) is 0 Å². The predicted molar refractivity (Wildman–Crippen MR) is 116 cm³/mol. The number of para-hydroxylation sites is 1. The van der Waals surface area contributed by atoms with Crippen LogP contribution < -0.4 is 21.9 Å². The van der Waals surface area contributed by atoms with Crippen molar-refractivity contribution in [3.8, 4) is 11.3 Å². The second-order valence-corrected chi connectivity index (χ2v) is 7.17. The quantitative estimate of drug-likeness (QED) is 0.462. The number of hydrogen-bond donors (Lipinski definition) is 4. The highest BCUT2D eigenvalue weighted by molar-refractivity contribution is 5.95. The molecule has 5 N–H and O–H groups in total. The molecule has 7 nitrogen and oxygen atoms in total. The second kappa shape index (κ2) is 9.00. The van der Waals surface area contributed by atoms with E-state index in [2.05, 4.69) is 33.2 Å². The average molecular weight is 390 g/mol. The van der Waals surface area contributed by atoms with E-state index in [9.17, 15) is 4.79 Å². The summed E-state index contributed by atoms with van der Waals surface area (Å²) < 4.78 is 0. The molecule has 0 spiro atoms. The molecule has 3 aromatic rings. The van der Waals surface area contributed by atoms with Gasteiger partial charge in [0.2, 0.25) is 5.91 Å². The Morgan fingerprint density at radius 1 is 1.14 bits per heavy atom. The van der Waals surface area contributed by atoms with E-state index in [4.69, 9.17) is 10.7 Å². The first kappa shape index (κ1) is 19.3. The highest BCUT2D eigenvalue weighted by atomic mass is 16.1. The number of anilines is 1. The number of primary amides is 1. The molecule has 0 bridgehead atoms. The molecular formula is C22H26N6O. The van der Waals surface area contributed by atoms with Gasteiger partial charge in [0.05, 0.1) is 17.9 Å². The van der Waals surface area contributed by atoms with Crippen LogP contribution >= 0.6 is 0 Å². The van der Waals surface area contributed by atoms with Crippen LogP contribution in [0.1, 0.15) is 16.8 Å². The maximum atomic E-state index is 11.3. The van der Waals surface area contributed by atoms with E-state index in [1.165, 1.54) is 0 Å². The van der Waals surface area contributed by atoms with Crippen molar-refractivity contribution in [3.63, 3.8) is 0 Å². The van der Waals surface area contributed by atoms with Crippen molar-refractivity contribution in [2.75, 3.05) is 38.2 Å². The van der Waals surface area contributed by atoms with Gasteiger partial charge in [-0.25, -0.2) is 10.4 Å². The number of carbonyl (C=O) groups excluding carboxylic acids is 1. The number of hydrazine groups is 1. The minimum Gasteiger partial charge on any atom is -0.384 e. The molecule has 150 valence electrons. The standard InChI is InChI=1S/C22H26N6O/c23-22(29)17-8-6-16(7-9-17)20-14-21(18-4-1-2-5-19(18)27-20)24-10-3-12-28-13-11-25-26-15-28/h1-2,4-9,14,25-26H,3,10-13,15H2,(H2,23,29)(H,24,27). The van der Waals surface area contributed by atoms with E-state index in [-0.39, 0.29) is 0 Å². The Morgan fingerprint density at radius 2 is 1.97 bits per heavy atom. The maximum Gasteiger partial charge on any atom is 0.248 e. The van der Waals surface area contributed by atoms with Crippen molar-refractivity contribution in [1.82, 2.24) is 20.7 Å². The van der Waals surface area contributed by atoms with E-state index in [1.807, 2.05) is 30.3 Å². The molecule has 1 fully saturated rings. The lowest BCUT2D eigenvalue weighted by Crippen LogP contribution is -2.51. The zero-order chi connectivity index (χ0) is 20.1. The number of fused-ring (bicyclic) bond motifs is 1. The van der Waals surface area contributed by atoms with Crippen LogP contribution in [-0.2, 0) is 0 Å². The third kappa shape index (κ3) is 4.71. The SMILES string of the molecule is NC(=O)c1ccc(-c2cc(NCCCN3CCNNC3)c3ccccc3n2)cc1. The van der Waals surface area contributed by atoms with Crippen molar-refractivity contribution >= 4 is 22.5 Å². The maximum absolute atomic E-state index is 11.3. The summed E-state index contributed by atoms with van der Waals surface area (Å²) >= 11 is 0. The molecule has 0 aliphatic carbocycles. The van der Waals surface area contributed by atoms with E-state index in [1.54, 1.807) is 12.1 Å². The summed E-state index contributed by atoms with van der Waals surface area (Å²) in [5.74, 6) is -0.426. The molecule has 1 aliphatic rings. The summed E-state index contributed by atoms with van der Waals surface area (Å²) in [6.45, 7) is 4.85. The first-order chi connectivity index (χ1) is 14.2. The number of carbonyl (C=O) groups is 1. The molecule has 1 aromatic heterocycles. The summed E-state index contributed by atoms with van der Waals surface area (Å²) in [5.41, 5.74) is 16.0. The zero-order valence-corrected chi connectivity index (χ0v) is 16.3. The Bertz CT molecular complexity index is 982. The molecule has 29 heavy (non-hydrogen) atoms. The fraction of sp³-hybridized carbons (Fsp3) is 0.273. The van der Waals surface area contributed by atoms with Crippen molar-refractivity contribution in [1.29, 1.82) is 0 Å². The Balaban J connectivity index is 1.51. The summed E-state index contributed by atoms with van der Waals surface area (Å²) in [6.07, 6.45) is 1.06. The number of nitrogens with two attached hydrogens (primary N) is 1. The van der Waals surface area contributed by atoms with E-state index in [0.29, 0.717) is 5.56 Å². The van der Waals surface area contributed by atoms with Gasteiger partial charge in [-0.1, -0.05) is 30.3 Å². The first-order valence-corrected chi connectivity index (χ1v) is 9.93. The van der Waals surface area contributed by atoms with Gasteiger partial charge < -0.3 is 11.1 Å². The van der Waals surface area contributed by atoms with Crippen LogP contribution in [0, 0.1) is 0 Å². The number of hydrogen-bond acceptors (Lipinski definition) is 6. The molecule has 0 radical (unpaired) electrons. The smallest absolute Gasteiger partial charge is 0.248 e. The molecule has 1 saturated heterocycles. The Kier molecular flexibility index (Phi) is 6.00. The summed E-state index contributed by atoms with van der Waals surface area (Å²) in [5, 5.41) is 4.70. The fourth-order valence-electron chi connectivity index (χ4n) is 3.54. The Morgan fingerprint density at radius 3 is 2.72 bits per heavy atom. The minimum atomic E-state index is -0.426. The molecular weight excluding hydrogens is 364 g/mol. The lowest BCUT2D eigenvalue weighted by atomic mass is 10.1. The third-order valence-corrected chi connectivity index (χ3v) is 5.13. The second-order valence-electron chi connectivity index (χ2n) is 7.17. The van der Waals surface area contributed by atoms with Gasteiger partial charge in [-0.2, -0.15) is 0 Å². The van der Waals surface area contributed by atoms with E-state index < -0.39 is 5.91 Å². The van der Waals surface area contributed by atoms with E-state index in [0.717, 1.165) is 67.1 Å². The zero-order valence-electron chi connectivity index (χ0n) is 16.3. The van der Waals surface area contributed by atoms with E-state index >= 15 is 0 Å². The normalized spacial score (nSPS) is 14.8. The molecule has 4 rings (SSSR count). The highest BCUT2D eigenvalue weighted by Crippen LogP contribution is 2.28. The van der Waals surface area contributed by atoms with Gasteiger partial charge in [-0.05, 0) is 30.7 Å². The third-order valence-electron chi connectivity index (χ3n) is 5.13. The number of pyridine rings is 1. The molecule has 0 unspecified atom stereocenters. The fourth-order valence-corrected chi connectivity index (χ4v) is 3.54.